The predicted octanol–water partition coefficient (Wildman–Crippen LogP) is 3.23. The van der Waals surface area contributed by atoms with Gasteiger partial charge in [-0.2, -0.15) is 4.31 Å². The Balaban J connectivity index is 2.53. The van der Waals surface area contributed by atoms with Gasteiger partial charge in [-0.3, -0.25) is 4.79 Å². The zero-order valence-corrected chi connectivity index (χ0v) is 15.1. The SMILES string of the molecule is CC(C)C1SCC(C(=O)O)N1S(=O)(=O)c1cc(Cl)sc1Cl. The lowest BCUT2D eigenvalue weighted by molar-refractivity contribution is -0.140. The number of rotatable bonds is 4. The summed E-state index contributed by atoms with van der Waals surface area (Å²) in [6.07, 6.45) is 0. The normalized spacial score (nSPS) is 23.9. The van der Waals surface area contributed by atoms with Gasteiger partial charge in [0.2, 0.25) is 10.0 Å². The molecule has 118 valence electrons. The predicted molar refractivity (Wildman–Crippen MR) is 85.9 cm³/mol. The third kappa shape index (κ3) is 3.20. The van der Waals surface area contributed by atoms with Gasteiger partial charge in [0.25, 0.3) is 0 Å². The quantitative estimate of drug-likeness (QED) is 0.855. The van der Waals surface area contributed by atoms with Crippen LogP contribution in [0, 0.1) is 5.92 Å². The van der Waals surface area contributed by atoms with Crippen LogP contribution in [0.25, 0.3) is 0 Å². The van der Waals surface area contributed by atoms with E-state index in [2.05, 4.69) is 0 Å². The number of halogens is 2. The average molecular weight is 390 g/mol. The largest absolute Gasteiger partial charge is 0.480 e. The number of aliphatic carboxylic acids is 1. The number of hydrogen-bond acceptors (Lipinski definition) is 5. The summed E-state index contributed by atoms with van der Waals surface area (Å²) < 4.78 is 27.0. The first-order chi connectivity index (χ1) is 9.66. The fourth-order valence-electron chi connectivity index (χ4n) is 2.10. The lowest BCUT2D eigenvalue weighted by atomic mass is 10.2. The molecule has 2 unspecified atom stereocenters. The fourth-order valence-corrected chi connectivity index (χ4v) is 7.93. The molecule has 0 saturated carbocycles. The summed E-state index contributed by atoms with van der Waals surface area (Å²) in [5.74, 6) is -0.971. The fraction of sp³-hybridized carbons (Fsp3) is 0.545. The maximum atomic E-state index is 12.8. The van der Waals surface area contributed by atoms with E-state index in [-0.39, 0.29) is 25.2 Å². The summed E-state index contributed by atoms with van der Waals surface area (Å²) in [6, 6.07) is 0.172. The van der Waals surface area contributed by atoms with Crippen molar-refractivity contribution in [1.29, 1.82) is 0 Å². The first-order valence-corrected chi connectivity index (χ1v) is 10.0. The van der Waals surface area contributed by atoms with Crippen molar-refractivity contribution < 1.29 is 18.3 Å². The van der Waals surface area contributed by atoms with Crippen LogP contribution in [0.4, 0.5) is 0 Å². The molecule has 0 bridgehead atoms. The van der Waals surface area contributed by atoms with Crippen LogP contribution in [-0.4, -0.2) is 41.0 Å². The summed E-state index contributed by atoms with van der Waals surface area (Å²) >= 11 is 14.0. The van der Waals surface area contributed by atoms with Gasteiger partial charge in [0.05, 0.1) is 9.71 Å². The van der Waals surface area contributed by atoms with Gasteiger partial charge >= 0.3 is 5.97 Å². The van der Waals surface area contributed by atoms with Crippen LogP contribution in [0.3, 0.4) is 0 Å². The summed E-state index contributed by atoms with van der Waals surface area (Å²) in [4.78, 5) is 11.2. The zero-order chi connectivity index (χ0) is 15.9. The summed E-state index contributed by atoms with van der Waals surface area (Å²) in [6.45, 7) is 3.71. The molecule has 1 aromatic heterocycles. The van der Waals surface area contributed by atoms with Crippen molar-refractivity contribution in [2.24, 2.45) is 5.92 Å². The molecule has 0 radical (unpaired) electrons. The molecule has 1 fully saturated rings. The van der Waals surface area contributed by atoms with Crippen LogP contribution in [-0.2, 0) is 14.8 Å². The van der Waals surface area contributed by atoms with Gasteiger partial charge < -0.3 is 5.11 Å². The second kappa shape index (κ2) is 6.25. The minimum atomic E-state index is -4.01. The molecular weight excluding hydrogens is 377 g/mol. The van der Waals surface area contributed by atoms with Crippen molar-refractivity contribution in [3.63, 3.8) is 0 Å². The van der Waals surface area contributed by atoms with Crippen LogP contribution < -0.4 is 0 Å². The van der Waals surface area contributed by atoms with E-state index in [9.17, 15) is 18.3 Å². The molecule has 2 rings (SSSR count). The molecule has 10 heteroatoms. The van der Waals surface area contributed by atoms with Crippen LogP contribution in [0.5, 0.6) is 0 Å². The van der Waals surface area contributed by atoms with Crippen LogP contribution in [0.1, 0.15) is 13.8 Å². The molecule has 1 aliphatic rings. The van der Waals surface area contributed by atoms with E-state index >= 15 is 0 Å². The van der Waals surface area contributed by atoms with Gasteiger partial charge in [-0.15, -0.1) is 23.1 Å². The molecule has 0 aliphatic carbocycles. The third-order valence-electron chi connectivity index (χ3n) is 3.02. The Bertz CT molecular complexity index is 658. The Morgan fingerprint density at radius 2 is 2.10 bits per heavy atom. The number of thiophene rings is 1. The maximum Gasteiger partial charge on any atom is 0.322 e. The van der Waals surface area contributed by atoms with Gasteiger partial charge in [0.1, 0.15) is 15.3 Å². The van der Waals surface area contributed by atoms with E-state index in [4.69, 9.17) is 23.2 Å². The van der Waals surface area contributed by atoms with Crippen molar-refractivity contribution in [3.05, 3.63) is 14.7 Å². The van der Waals surface area contributed by atoms with Crippen LogP contribution >= 0.6 is 46.3 Å². The highest BCUT2D eigenvalue weighted by Gasteiger charge is 2.48. The van der Waals surface area contributed by atoms with Gasteiger partial charge in [0, 0.05) is 5.75 Å². The third-order valence-corrected chi connectivity index (χ3v) is 8.42. The summed E-state index contributed by atoms with van der Waals surface area (Å²) in [7, 11) is -4.01. The molecule has 21 heavy (non-hydrogen) atoms. The van der Waals surface area contributed by atoms with Gasteiger partial charge in [-0.1, -0.05) is 37.0 Å². The number of nitrogens with zero attached hydrogens (tertiary/aromatic N) is 1. The van der Waals surface area contributed by atoms with Gasteiger partial charge in [0.15, 0.2) is 0 Å². The van der Waals surface area contributed by atoms with Crippen LogP contribution in [0.2, 0.25) is 8.67 Å². The van der Waals surface area contributed by atoms with Crippen molar-refractivity contribution in [2.45, 2.75) is 30.2 Å². The first-order valence-electron chi connectivity index (χ1n) is 5.99. The standard InChI is InChI=1S/C11H13Cl2NO4S3/c1-5(2)10-14(6(4-19-10)11(15)16)21(17,18)7-3-8(12)20-9(7)13/h3,5-6,10H,4H2,1-2H3,(H,15,16). The van der Waals surface area contributed by atoms with Crippen LogP contribution in [0.15, 0.2) is 11.0 Å². The Morgan fingerprint density at radius 1 is 1.48 bits per heavy atom. The monoisotopic (exact) mass is 389 g/mol. The number of carboxylic acids is 1. The smallest absolute Gasteiger partial charge is 0.322 e. The highest BCUT2D eigenvalue weighted by molar-refractivity contribution is 8.01. The van der Waals surface area contributed by atoms with Crippen molar-refractivity contribution in [2.75, 3.05) is 5.75 Å². The Kier molecular flexibility index (Phi) is 5.17. The Labute approximate surface area is 141 Å². The molecule has 0 aromatic carbocycles. The number of sulfonamides is 1. The van der Waals surface area contributed by atoms with E-state index in [1.165, 1.54) is 17.8 Å². The highest BCUT2D eigenvalue weighted by Crippen LogP contribution is 2.42. The maximum absolute atomic E-state index is 12.8. The number of thioether (sulfide) groups is 1. The van der Waals surface area contributed by atoms with E-state index in [1.54, 1.807) is 0 Å². The molecule has 2 atom stereocenters. The Morgan fingerprint density at radius 3 is 2.52 bits per heavy atom. The minimum Gasteiger partial charge on any atom is -0.480 e. The summed E-state index contributed by atoms with van der Waals surface area (Å²) in [5, 5.41) is 8.85. The molecule has 2 heterocycles. The average Bonchev–Trinajstić information content (AvgIpc) is 2.93. The molecule has 0 spiro atoms. The Hall–Kier alpha value is 0.01000. The van der Waals surface area contributed by atoms with Gasteiger partial charge in [-0.05, 0) is 12.0 Å². The van der Waals surface area contributed by atoms with E-state index in [0.717, 1.165) is 15.6 Å². The molecule has 0 amide bonds. The first kappa shape index (κ1) is 17.4. The van der Waals surface area contributed by atoms with E-state index < -0.39 is 27.4 Å². The lowest BCUT2D eigenvalue weighted by Crippen LogP contribution is -2.46. The second-order valence-electron chi connectivity index (χ2n) is 4.85. The second-order valence-corrected chi connectivity index (χ2v) is 10.1. The van der Waals surface area contributed by atoms with Gasteiger partial charge in [-0.25, -0.2) is 8.42 Å². The minimum absolute atomic E-state index is 0.0259. The van der Waals surface area contributed by atoms with E-state index in [0.29, 0.717) is 0 Å². The van der Waals surface area contributed by atoms with Crippen molar-refractivity contribution in [3.8, 4) is 0 Å². The number of carbonyl (C=O) groups is 1. The summed E-state index contributed by atoms with van der Waals surface area (Å²) in [5.41, 5.74) is 0. The topological polar surface area (TPSA) is 74.7 Å². The molecule has 1 saturated heterocycles. The molecule has 1 N–H and O–H groups in total. The number of hydrogen-bond donors (Lipinski definition) is 1. The van der Waals surface area contributed by atoms with E-state index in [1.807, 2.05) is 13.8 Å². The molecule has 5 nitrogen and oxygen atoms in total. The lowest BCUT2D eigenvalue weighted by Gasteiger charge is -2.28. The van der Waals surface area contributed by atoms with Crippen molar-refractivity contribution in [1.82, 2.24) is 4.31 Å². The number of carboxylic acid groups (broad SMARTS) is 1. The van der Waals surface area contributed by atoms with Crippen molar-refractivity contribution >= 4 is 62.3 Å². The molecule has 1 aliphatic heterocycles. The molecule has 1 aromatic rings. The zero-order valence-electron chi connectivity index (χ0n) is 11.1. The molecular formula is C11H13Cl2NO4S3. The highest BCUT2D eigenvalue weighted by atomic mass is 35.5.